The normalized spacial score (nSPS) is 10.3. The van der Waals surface area contributed by atoms with Crippen LogP contribution in [0.15, 0.2) is 40.9 Å². The van der Waals surface area contributed by atoms with Crippen LogP contribution in [0.4, 0.5) is 20.2 Å². The van der Waals surface area contributed by atoms with Gasteiger partial charge in [-0.1, -0.05) is 22.0 Å². The van der Waals surface area contributed by atoms with Crippen molar-refractivity contribution in [3.05, 3.63) is 58.1 Å². The van der Waals surface area contributed by atoms with Crippen molar-refractivity contribution in [3.63, 3.8) is 0 Å². The predicted octanol–water partition coefficient (Wildman–Crippen LogP) is 3.56. The molecule has 0 aliphatic rings. The maximum absolute atomic E-state index is 13.4. The molecular weight excluding hydrogens is 318 g/mol. The largest absolute Gasteiger partial charge is 0.398 e. The summed E-state index contributed by atoms with van der Waals surface area (Å²) in [6, 6.07) is 8.00. The summed E-state index contributed by atoms with van der Waals surface area (Å²) in [5.41, 5.74) is 5.51. The number of nitrogens with one attached hydrogen (secondary N) is 1. The lowest BCUT2D eigenvalue weighted by molar-refractivity contribution is 0.102. The van der Waals surface area contributed by atoms with Crippen LogP contribution < -0.4 is 11.1 Å². The minimum absolute atomic E-state index is 0.136. The topological polar surface area (TPSA) is 55.1 Å². The number of carbonyl (C=O) groups is 1. The summed E-state index contributed by atoms with van der Waals surface area (Å²) in [4.78, 5) is 11.9. The molecule has 0 saturated carbocycles. The van der Waals surface area contributed by atoms with Crippen molar-refractivity contribution in [1.82, 2.24) is 0 Å². The minimum Gasteiger partial charge on any atom is -0.398 e. The number of anilines is 2. The molecule has 2 rings (SSSR count). The van der Waals surface area contributed by atoms with E-state index < -0.39 is 23.2 Å². The molecule has 98 valence electrons. The molecule has 0 spiro atoms. The third-order valence-electron chi connectivity index (χ3n) is 2.46. The number of nitrogens with two attached hydrogens (primary N) is 1. The molecule has 0 aromatic heterocycles. The summed E-state index contributed by atoms with van der Waals surface area (Å²) in [5, 5.41) is 2.17. The molecule has 0 aliphatic carbocycles. The Hall–Kier alpha value is -1.95. The first-order chi connectivity index (χ1) is 8.99. The lowest BCUT2D eigenvalue weighted by Crippen LogP contribution is -2.16. The van der Waals surface area contributed by atoms with Crippen LogP contribution in [0.25, 0.3) is 0 Å². The number of para-hydroxylation sites is 1. The van der Waals surface area contributed by atoms with Crippen molar-refractivity contribution in [1.29, 1.82) is 0 Å². The van der Waals surface area contributed by atoms with Gasteiger partial charge in [-0.25, -0.2) is 8.78 Å². The van der Waals surface area contributed by atoms with Crippen LogP contribution in [0, 0.1) is 11.6 Å². The molecular formula is C13H9BrF2N2O. The van der Waals surface area contributed by atoms with E-state index in [1.54, 1.807) is 6.07 Å². The molecule has 0 aliphatic heterocycles. The monoisotopic (exact) mass is 326 g/mol. The maximum Gasteiger partial charge on any atom is 0.257 e. The summed E-state index contributed by atoms with van der Waals surface area (Å²) in [6.07, 6.45) is 0. The molecule has 0 heterocycles. The molecule has 0 atom stereocenters. The number of hydrogen-bond acceptors (Lipinski definition) is 2. The fourth-order valence-electron chi connectivity index (χ4n) is 1.52. The third kappa shape index (κ3) is 2.90. The van der Waals surface area contributed by atoms with E-state index in [0.29, 0.717) is 4.47 Å². The summed E-state index contributed by atoms with van der Waals surface area (Å²) < 4.78 is 27.5. The van der Waals surface area contributed by atoms with Crippen molar-refractivity contribution in [2.45, 2.75) is 0 Å². The van der Waals surface area contributed by atoms with Gasteiger partial charge in [0.2, 0.25) is 0 Å². The number of carbonyl (C=O) groups excluding carboxylic acids is 1. The average Bonchev–Trinajstić information content (AvgIpc) is 2.37. The van der Waals surface area contributed by atoms with Gasteiger partial charge >= 0.3 is 0 Å². The van der Waals surface area contributed by atoms with Gasteiger partial charge in [0.25, 0.3) is 5.91 Å². The van der Waals surface area contributed by atoms with Crippen LogP contribution in [0.1, 0.15) is 10.4 Å². The molecule has 0 radical (unpaired) electrons. The van der Waals surface area contributed by atoms with Gasteiger partial charge in [0.1, 0.15) is 17.3 Å². The van der Waals surface area contributed by atoms with E-state index in [1.807, 2.05) is 0 Å². The van der Waals surface area contributed by atoms with Crippen LogP contribution in [0.2, 0.25) is 0 Å². The Morgan fingerprint density at radius 3 is 2.42 bits per heavy atom. The average molecular weight is 327 g/mol. The maximum atomic E-state index is 13.4. The molecule has 6 heteroatoms. The van der Waals surface area contributed by atoms with E-state index in [4.69, 9.17) is 5.73 Å². The van der Waals surface area contributed by atoms with Crippen molar-refractivity contribution < 1.29 is 13.6 Å². The summed E-state index contributed by atoms with van der Waals surface area (Å²) >= 11 is 3.20. The Morgan fingerprint density at radius 2 is 1.79 bits per heavy atom. The Labute approximate surface area is 116 Å². The summed E-state index contributed by atoms with van der Waals surface area (Å²) in [6.45, 7) is 0. The Kier molecular flexibility index (Phi) is 3.80. The fraction of sp³-hybridized carbons (Fsp3) is 0. The number of benzene rings is 2. The van der Waals surface area contributed by atoms with Crippen molar-refractivity contribution in [3.8, 4) is 0 Å². The zero-order chi connectivity index (χ0) is 14.0. The molecule has 3 nitrogen and oxygen atoms in total. The predicted molar refractivity (Wildman–Crippen MR) is 72.9 cm³/mol. The molecule has 0 unspecified atom stereocenters. The van der Waals surface area contributed by atoms with Crippen LogP contribution in [0.3, 0.4) is 0 Å². The highest BCUT2D eigenvalue weighted by molar-refractivity contribution is 9.10. The zero-order valence-electron chi connectivity index (χ0n) is 9.58. The second kappa shape index (κ2) is 5.36. The summed E-state index contributed by atoms with van der Waals surface area (Å²) in [5.74, 6) is -2.37. The van der Waals surface area contributed by atoms with E-state index in [1.165, 1.54) is 18.2 Å². The highest BCUT2D eigenvalue weighted by Crippen LogP contribution is 2.22. The van der Waals surface area contributed by atoms with Crippen molar-refractivity contribution in [2.75, 3.05) is 11.1 Å². The van der Waals surface area contributed by atoms with Gasteiger partial charge in [0.05, 0.1) is 5.56 Å². The number of rotatable bonds is 2. The van der Waals surface area contributed by atoms with E-state index in [0.717, 1.165) is 12.1 Å². The van der Waals surface area contributed by atoms with E-state index in [-0.39, 0.29) is 11.3 Å². The Morgan fingerprint density at radius 1 is 1.16 bits per heavy atom. The minimum atomic E-state index is -0.845. The second-order valence-electron chi connectivity index (χ2n) is 3.78. The molecule has 0 saturated heterocycles. The third-order valence-corrected chi connectivity index (χ3v) is 2.95. The Balaban J connectivity index is 2.34. The zero-order valence-corrected chi connectivity index (χ0v) is 11.2. The highest BCUT2D eigenvalue weighted by atomic mass is 79.9. The smallest absolute Gasteiger partial charge is 0.257 e. The second-order valence-corrected chi connectivity index (χ2v) is 4.70. The number of amides is 1. The SMILES string of the molecule is Nc1ccc(Br)cc1C(=O)Nc1c(F)cccc1F. The number of halogens is 3. The number of nitrogen functional groups attached to an aromatic ring is 1. The van der Waals surface area contributed by atoms with Gasteiger partial charge in [-0.15, -0.1) is 0 Å². The molecule has 2 aromatic rings. The first-order valence-electron chi connectivity index (χ1n) is 5.29. The molecule has 3 N–H and O–H groups in total. The van der Waals surface area contributed by atoms with Crippen molar-refractivity contribution >= 4 is 33.2 Å². The lowest BCUT2D eigenvalue weighted by atomic mass is 10.1. The van der Waals surface area contributed by atoms with Gasteiger partial charge < -0.3 is 11.1 Å². The molecule has 2 aromatic carbocycles. The number of hydrogen-bond donors (Lipinski definition) is 2. The van der Waals surface area contributed by atoms with Gasteiger partial charge in [0.15, 0.2) is 0 Å². The van der Waals surface area contributed by atoms with E-state index in [2.05, 4.69) is 21.2 Å². The van der Waals surface area contributed by atoms with Gasteiger partial charge in [-0.2, -0.15) is 0 Å². The van der Waals surface area contributed by atoms with Crippen LogP contribution in [0.5, 0.6) is 0 Å². The van der Waals surface area contributed by atoms with Gasteiger partial charge in [-0.05, 0) is 30.3 Å². The van der Waals surface area contributed by atoms with Gasteiger partial charge in [-0.3, -0.25) is 4.79 Å². The fourth-order valence-corrected chi connectivity index (χ4v) is 1.88. The summed E-state index contributed by atoms with van der Waals surface area (Å²) in [7, 11) is 0. The standard InChI is InChI=1S/C13H9BrF2N2O/c14-7-4-5-11(17)8(6-7)13(19)18-12-9(15)2-1-3-10(12)16/h1-6H,17H2,(H,18,19). The Bertz CT molecular complexity index is 626. The molecule has 0 bridgehead atoms. The first-order valence-corrected chi connectivity index (χ1v) is 6.08. The van der Waals surface area contributed by atoms with Crippen LogP contribution in [-0.2, 0) is 0 Å². The van der Waals surface area contributed by atoms with E-state index in [9.17, 15) is 13.6 Å². The molecule has 0 fully saturated rings. The first kappa shape index (κ1) is 13.5. The quantitative estimate of drug-likeness (QED) is 0.829. The molecule has 1 amide bonds. The van der Waals surface area contributed by atoms with Crippen molar-refractivity contribution in [2.24, 2.45) is 0 Å². The highest BCUT2D eigenvalue weighted by Gasteiger charge is 2.15. The van der Waals surface area contributed by atoms with E-state index >= 15 is 0 Å². The lowest BCUT2D eigenvalue weighted by Gasteiger charge is -2.09. The van der Waals surface area contributed by atoms with Crippen LogP contribution in [-0.4, -0.2) is 5.91 Å². The van der Waals surface area contributed by atoms with Gasteiger partial charge in [0, 0.05) is 10.2 Å². The van der Waals surface area contributed by atoms with Crippen LogP contribution >= 0.6 is 15.9 Å². The molecule has 19 heavy (non-hydrogen) atoms.